The van der Waals surface area contributed by atoms with Crippen molar-refractivity contribution in [2.45, 2.75) is 49.9 Å². The lowest BCUT2D eigenvalue weighted by Gasteiger charge is -2.25. The molecule has 1 aliphatic rings. The van der Waals surface area contributed by atoms with Gasteiger partial charge in [0.1, 0.15) is 23.6 Å². The Labute approximate surface area is 220 Å². The minimum atomic E-state index is -1.17. The third kappa shape index (κ3) is 7.19. The van der Waals surface area contributed by atoms with Gasteiger partial charge in [-0.15, -0.1) is 0 Å². The second-order valence-corrected chi connectivity index (χ2v) is 9.38. The molecule has 4 atom stereocenters. The molecule has 1 heterocycles. The molecule has 3 amide bonds. The lowest BCUT2D eigenvalue weighted by atomic mass is 9.95. The molecular weight excluding hydrogens is 492 g/mol. The summed E-state index contributed by atoms with van der Waals surface area (Å²) in [6.45, 7) is -0.161. The van der Waals surface area contributed by atoms with Crippen LogP contribution < -0.4 is 33.2 Å². The first-order valence-electron chi connectivity index (χ1n) is 12.5. The smallest absolute Gasteiger partial charge is 0.243 e. The van der Waals surface area contributed by atoms with E-state index in [1.165, 1.54) is 12.1 Å². The van der Waals surface area contributed by atoms with Crippen LogP contribution in [0.15, 0.2) is 36.4 Å². The number of nitrogens with one attached hydrogen (secondary N) is 3. The second-order valence-electron chi connectivity index (χ2n) is 9.38. The Hall–Kier alpha value is -3.71. The van der Waals surface area contributed by atoms with Gasteiger partial charge in [0.05, 0.1) is 18.7 Å². The van der Waals surface area contributed by atoms with E-state index in [4.69, 9.17) is 17.2 Å². The number of benzene rings is 2. The first-order chi connectivity index (χ1) is 18.2. The average Bonchev–Trinajstić information content (AvgIpc) is 2.90. The Balaban J connectivity index is 2.08. The van der Waals surface area contributed by atoms with Crippen molar-refractivity contribution in [2.75, 3.05) is 19.7 Å². The molecule has 0 unspecified atom stereocenters. The number of rotatable bonds is 7. The summed E-state index contributed by atoms with van der Waals surface area (Å²) in [6.07, 6.45) is 0.519. The number of aliphatic hydroxyl groups excluding tert-OH is 1. The number of amides is 3. The number of aliphatic hydroxyl groups is 1. The molecule has 3 rings (SSSR count). The molecular formula is C26H36N6O6. The number of nitrogens with two attached hydrogens (primary N) is 3. The number of phenolic OH excluding ortho intramolecular Hbond substituents is 2. The Morgan fingerprint density at radius 1 is 0.974 bits per heavy atom. The van der Waals surface area contributed by atoms with Crippen LogP contribution in [0.3, 0.4) is 0 Å². The van der Waals surface area contributed by atoms with Crippen LogP contribution in [0.25, 0.3) is 11.1 Å². The van der Waals surface area contributed by atoms with Crippen LogP contribution in [0.5, 0.6) is 11.5 Å². The predicted molar refractivity (Wildman–Crippen MR) is 141 cm³/mol. The van der Waals surface area contributed by atoms with E-state index in [9.17, 15) is 29.7 Å². The number of carbonyl (C=O) groups is 3. The van der Waals surface area contributed by atoms with Crippen LogP contribution >= 0.6 is 0 Å². The highest BCUT2D eigenvalue weighted by Crippen LogP contribution is 2.30. The minimum absolute atomic E-state index is 0.00828. The van der Waals surface area contributed by atoms with Crippen LogP contribution in [0, 0.1) is 0 Å². The maximum Gasteiger partial charge on any atom is 0.243 e. The quantitative estimate of drug-likeness (QED) is 0.200. The first kappa shape index (κ1) is 28.9. The van der Waals surface area contributed by atoms with Gasteiger partial charge in [0.15, 0.2) is 0 Å². The summed E-state index contributed by atoms with van der Waals surface area (Å²) in [6, 6.07) is 5.68. The van der Waals surface area contributed by atoms with Gasteiger partial charge >= 0.3 is 0 Å². The lowest BCUT2D eigenvalue weighted by molar-refractivity contribution is -0.132. The van der Waals surface area contributed by atoms with Crippen LogP contribution in [-0.2, 0) is 27.2 Å². The van der Waals surface area contributed by atoms with Crippen molar-refractivity contribution in [1.82, 2.24) is 16.0 Å². The summed E-state index contributed by atoms with van der Waals surface area (Å²) in [4.78, 5) is 39.4. The van der Waals surface area contributed by atoms with Crippen molar-refractivity contribution < 1.29 is 29.7 Å². The molecule has 0 aromatic heterocycles. The van der Waals surface area contributed by atoms with E-state index in [-0.39, 0.29) is 43.9 Å². The van der Waals surface area contributed by atoms with E-state index in [0.717, 1.165) is 0 Å². The molecule has 12 nitrogen and oxygen atoms in total. The van der Waals surface area contributed by atoms with E-state index < -0.39 is 48.5 Å². The van der Waals surface area contributed by atoms with Crippen molar-refractivity contribution in [2.24, 2.45) is 17.2 Å². The average molecular weight is 529 g/mol. The van der Waals surface area contributed by atoms with Crippen LogP contribution in [0.2, 0.25) is 0 Å². The minimum Gasteiger partial charge on any atom is -0.508 e. The lowest BCUT2D eigenvalue weighted by Crippen LogP contribution is -2.58. The molecule has 0 radical (unpaired) electrons. The molecule has 4 bridgehead atoms. The number of hydrogen-bond acceptors (Lipinski definition) is 9. The summed E-state index contributed by atoms with van der Waals surface area (Å²) in [7, 11) is 0. The van der Waals surface area contributed by atoms with Crippen molar-refractivity contribution >= 4 is 17.7 Å². The van der Waals surface area contributed by atoms with Crippen molar-refractivity contribution in [3.05, 3.63) is 47.5 Å². The molecule has 206 valence electrons. The maximum atomic E-state index is 13.3. The Morgan fingerprint density at radius 2 is 1.58 bits per heavy atom. The van der Waals surface area contributed by atoms with Crippen LogP contribution in [-0.4, -0.2) is 76.9 Å². The van der Waals surface area contributed by atoms with Gasteiger partial charge in [-0.05, 0) is 65.9 Å². The van der Waals surface area contributed by atoms with Gasteiger partial charge in [0.2, 0.25) is 17.7 Å². The van der Waals surface area contributed by atoms with E-state index in [1.54, 1.807) is 24.3 Å². The molecule has 2 aromatic rings. The molecule has 12 N–H and O–H groups in total. The zero-order valence-electron chi connectivity index (χ0n) is 21.0. The van der Waals surface area contributed by atoms with E-state index in [0.29, 0.717) is 28.7 Å². The zero-order valence-corrected chi connectivity index (χ0v) is 21.0. The third-order valence-electron chi connectivity index (χ3n) is 6.51. The Bertz CT molecular complexity index is 1160. The van der Waals surface area contributed by atoms with Gasteiger partial charge in [-0.1, -0.05) is 12.1 Å². The fraction of sp³-hybridized carbons (Fsp3) is 0.423. The van der Waals surface area contributed by atoms with Gasteiger partial charge in [-0.2, -0.15) is 0 Å². The fourth-order valence-electron chi connectivity index (χ4n) is 4.24. The van der Waals surface area contributed by atoms with E-state index >= 15 is 0 Å². The summed E-state index contributed by atoms with van der Waals surface area (Å²) in [5.41, 5.74) is 19.5. The molecule has 0 saturated carbocycles. The molecule has 12 heteroatoms. The Morgan fingerprint density at radius 3 is 2.13 bits per heavy atom. The fourth-order valence-corrected chi connectivity index (χ4v) is 4.24. The van der Waals surface area contributed by atoms with Crippen molar-refractivity contribution in [3.63, 3.8) is 0 Å². The molecule has 0 fully saturated rings. The monoisotopic (exact) mass is 528 g/mol. The molecule has 0 spiro atoms. The molecule has 0 saturated heterocycles. The van der Waals surface area contributed by atoms with Gasteiger partial charge in [0, 0.05) is 19.4 Å². The van der Waals surface area contributed by atoms with Gasteiger partial charge in [-0.3, -0.25) is 14.4 Å². The highest BCUT2D eigenvalue weighted by molar-refractivity contribution is 5.93. The largest absolute Gasteiger partial charge is 0.508 e. The Kier molecular flexibility index (Phi) is 10.0. The van der Waals surface area contributed by atoms with E-state index in [1.807, 2.05) is 0 Å². The molecule has 38 heavy (non-hydrogen) atoms. The standard InChI is InChI=1S/C26H36N6O6/c27-7-1-2-20-25(37)32-21(26(38)30-18(12-28)13-33)11-17-9-15(4-6-23(17)35)14-3-5-22(34)16(8-14)10-19(29)24(36)31-20/h3-6,8-9,18-21,33-35H,1-2,7,10-13,27-29H2,(H,30,38)(H,31,36)(H,32,37)/t18-,19+,20-,21-/m0/s1. The summed E-state index contributed by atoms with van der Waals surface area (Å²) in [5.74, 6) is -1.99. The first-order valence-corrected chi connectivity index (χ1v) is 12.5. The number of phenols is 2. The number of fused-ring (bicyclic) bond motifs is 5. The third-order valence-corrected chi connectivity index (χ3v) is 6.51. The van der Waals surface area contributed by atoms with Crippen LogP contribution in [0.4, 0.5) is 0 Å². The molecule has 1 aliphatic heterocycles. The second kappa shape index (κ2) is 13.2. The maximum absolute atomic E-state index is 13.3. The summed E-state index contributed by atoms with van der Waals surface area (Å²) in [5, 5.41) is 38.4. The predicted octanol–water partition coefficient (Wildman–Crippen LogP) is -1.66. The topological polar surface area (TPSA) is 226 Å². The number of hydrogen-bond donors (Lipinski definition) is 9. The summed E-state index contributed by atoms with van der Waals surface area (Å²) < 4.78 is 0. The van der Waals surface area contributed by atoms with E-state index in [2.05, 4.69) is 16.0 Å². The SMILES string of the molecule is NCCC[C@@H]1NC(=O)[C@H](N)Cc2cc(ccc2O)-c2ccc(O)c(c2)C[C@@H](C(=O)N[C@@H](CN)CO)NC1=O. The number of aromatic hydroxyl groups is 2. The highest BCUT2D eigenvalue weighted by Gasteiger charge is 2.30. The van der Waals surface area contributed by atoms with Crippen molar-refractivity contribution in [3.8, 4) is 22.6 Å². The van der Waals surface area contributed by atoms with Gasteiger partial charge < -0.3 is 48.5 Å². The zero-order chi connectivity index (χ0) is 27.8. The molecule has 2 aromatic carbocycles. The van der Waals surface area contributed by atoms with Gasteiger partial charge in [0.25, 0.3) is 0 Å². The molecule has 0 aliphatic carbocycles. The summed E-state index contributed by atoms with van der Waals surface area (Å²) >= 11 is 0. The van der Waals surface area contributed by atoms with Crippen LogP contribution in [0.1, 0.15) is 24.0 Å². The van der Waals surface area contributed by atoms with Crippen molar-refractivity contribution in [1.29, 1.82) is 0 Å². The number of carbonyl (C=O) groups excluding carboxylic acids is 3. The normalized spacial score (nSPS) is 20.9. The highest BCUT2D eigenvalue weighted by atomic mass is 16.3. The van der Waals surface area contributed by atoms with Gasteiger partial charge in [-0.25, -0.2) is 0 Å².